The zero-order valence-electron chi connectivity index (χ0n) is 17.5. The van der Waals surface area contributed by atoms with Crippen LogP contribution in [0.1, 0.15) is 27.5 Å². The van der Waals surface area contributed by atoms with Gasteiger partial charge in [0.2, 0.25) is 11.8 Å². The molecule has 0 saturated carbocycles. The van der Waals surface area contributed by atoms with Crippen molar-refractivity contribution in [1.29, 1.82) is 0 Å². The highest BCUT2D eigenvalue weighted by atomic mass is 19.1. The van der Waals surface area contributed by atoms with Gasteiger partial charge in [-0.2, -0.15) is 0 Å². The number of nitrogens with zero attached hydrogens (tertiary/aromatic N) is 2. The summed E-state index contributed by atoms with van der Waals surface area (Å²) < 4.78 is 13.9. The summed E-state index contributed by atoms with van der Waals surface area (Å²) in [6.45, 7) is 0. The van der Waals surface area contributed by atoms with Crippen LogP contribution >= 0.6 is 0 Å². The molecule has 0 spiro atoms. The van der Waals surface area contributed by atoms with Gasteiger partial charge in [0.15, 0.2) is 5.78 Å². The van der Waals surface area contributed by atoms with Crippen LogP contribution in [0.4, 0.5) is 10.1 Å². The normalized spacial score (nSPS) is 25.1. The molecule has 0 bridgehead atoms. The Bertz CT molecular complexity index is 1340. The van der Waals surface area contributed by atoms with Crippen molar-refractivity contribution in [2.45, 2.75) is 12.1 Å². The Morgan fingerprint density at radius 1 is 0.818 bits per heavy atom. The number of benzene rings is 3. The molecule has 3 heterocycles. The van der Waals surface area contributed by atoms with E-state index in [1.54, 1.807) is 30.3 Å². The Balaban J connectivity index is 1.51. The van der Waals surface area contributed by atoms with E-state index in [0.29, 0.717) is 5.56 Å². The molecule has 2 saturated heterocycles. The molecule has 2 fully saturated rings. The van der Waals surface area contributed by atoms with Crippen molar-refractivity contribution in [3.05, 3.63) is 108 Å². The first-order valence-corrected chi connectivity index (χ1v) is 10.8. The molecule has 3 aliphatic rings. The molecular weight excluding hydrogens is 419 g/mol. The molecular formula is C27H19FN2O3. The number of carbonyl (C=O) groups excluding carboxylic acids is 3. The molecule has 0 radical (unpaired) electrons. The molecule has 33 heavy (non-hydrogen) atoms. The second-order valence-corrected chi connectivity index (χ2v) is 8.56. The Hall–Kier alpha value is -4.06. The van der Waals surface area contributed by atoms with Crippen molar-refractivity contribution in [3.63, 3.8) is 0 Å². The third-order valence-electron chi connectivity index (χ3n) is 6.85. The molecule has 6 heteroatoms. The first kappa shape index (κ1) is 19.6. The van der Waals surface area contributed by atoms with E-state index in [9.17, 15) is 18.8 Å². The third kappa shape index (κ3) is 2.80. The number of rotatable bonds is 3. The molecule has 4 unspecified atom stereocenters. The van der Waals surface area contributed by atoms with Crippen LogP contribution in [0.3, 0.4) is 0 Å². The van der Waals surface area contributed by atoms with E-state index in [4.69, 9.17) is 0 Å². The van der Waals surface area contributed by atoms with Crippen LogP contribution in [0.2, 0.25) is 0 Å². The first-order valence-electron chi connectivity index (χ1n) is 10.8. The number of amides is 2. The van der Waals surface area contributed by atoms with Crippen LogP contribution in [0, 0.1) is 17.7 Å². The van der Waals surface area contributed by atoms with Crippen molar-refractivity contribution in [2.75, 3.05) is 4.90 Å². The molecule has 3 aromatic carbocycles. The number of halogens is 1. The maximum atomic E-state index is 13.9. The van der Waals surface area contributed by atoms with Gasteiger partial charge in [0.25, 0.3) is 0 Å². The molecule has 0 aliphatic carbocycles. The number of fused-ring (bicyclic) bond motifs is 5. The van der Waals surface area contributed by atoms with Crippen LogP contribution in [0.25, 0.3) is 6.08 Å². The fraction of sp³-hybridized carbons (Fsp3) is 0.148. The van der Waals surface area contributed by atoms with E-state index in [-0.39, 0.29) is 11.5 Å². The zero-order valence-corrected chi connectivity index (χ0v) is 17.5. The number of ketones is 1. The number of carbonyl (C=O) groups is 3. The molecule has 0 N–H and O–H groups in total. The van der Waals surface area contributed by atoms with Crippen LogP contribution < -0.4 is 4.90 Å². The molecule has 6 rings (SSSR count). The SMILES string of the molecule is O=C(c1ccccc1)C1C2C(=O)N(c3cccc(F)c3)C(=O)C2C2c3ccccc3C=CN12. The molecule has 3 aromatic rings. The van der Waals surface area contributed by atoms with E-state index in [1.807, 2.05) is 47.5 Å². The monoisotopic (exact) mass is 438 g/mol. The maximum absolute atomic E-state index is 13.9. The van der Waals surface area contributed by atoms with Crippen LogP contribution in [0.5, 0.6) is 0 Å². The standard InChI is InChI=1S/C27H19FN2O3/c28-18-10-6-11-19(15-18)30-26(32)21-22(27(30)33)24(25(31)17-8-2-1-3-9-17)29-14-13-16-7-4-5-12-20(16)23(21)29/h1-15,21-24H. The summed E-state index contributed by atoms with van der Waals surface area (Å²) >= 11 is 0. The maximum Gasteiger partial charge on any atom is 0.240 e. The largest absolute Gasteiger partial charge is 0.358 e. The second kappa shape index (κ2) is 7.24. The summed E-state index contributed by atoms with van der Waals surface area (Å²) in [7, 11) is 0. The average Bonchev–Trinajstić information content (AvgIpc) is 3.32. The Morgan fingerprint density at radius 3 is 2.33 bits per heavy atom. The lowest BCUT2D eigenvalue weighted by molar-refractivity contribution is -0.123. The minimum Gasteiger partial charge on any atom is -0.358 e. The van der Waals surface area contributed by atoms with Gasteiger partial charge in [0.1, 0.15) is 11.9 Å². The lowest BCUT2D eigenvalue weighted by atomic mass is 9.83. The fourth-order valence-electron chi connectivity index (χ4n) is 5.50. The van der Waals surface area contributed by atoms with Gasteiger partial charge in [0, 0.05) is 11.8 Å². The van der Waals surface area contributed by atoms with Crippen molar-refractivity contribution in [1.82, 2.24) is 4.90 Å². The van der Waals surface area contributed by atoms with E-state index >= 15 is 0 Å². The number of anilines is 1. The Kier molecular flexibility index (Phi) is 4.30. The molecule has 0 aromatic heterocycles. The minimum atomic E-state index is -0.866. The molecule has 2 amide bonds. The van der Waals surface area contributed by atoms with Crippen LogP contribution in [-0.2, 0) is 9.59 Å². The van der Waals surface area contributed by atoms with E-state index < -0.39 is 41.6 Å². The lowest BCUT2D eigenvalue weighted by Gasteiger charge is -2.35. The summed E-state index contributed by atoms with van der Waals surface area (Å²) in [5.74, 6) is -3.22. The summed E-state index contributed by atoms with van der Waals surface area (Å²) in [6, 6.07) is 20.7. The van der Waals surface area contributed by atoms with E-state index in [1.165, 1.54) is 18.2 Å². The first-order chi connectivity index (χ1) is 16.1. The van der Waals surface area contributed by atoms with Gasteiger partial charge >= 0.3 is 0 Å². The Labute approximate surface area is 189 Å². The summed E-state index contributed by atoms with van der Waals surface area (Å²) in [5, 5.41) is 0. The number of hydrogen-bond donors (Lipinski definition) is 0. The Morgan fingerprint density at radius 2 is 1.55 bits per heavy atom. The summed E-state index contributed by atoms with van der Waals surface area (Å²) in [6.07, 6.45) is 3.74. The smallest absolute Gasteiger partial charge is 0.240 e. The highest BCUT2D eigenvalue weighted by Crippen LogP contribution is 2.53. The lowest BCUT2D eigenvalue weighted by Crippen LogP contribution is -2.44. The zero-order chi connectivity index (χ0) is 22.7. The van der Waals surface area contributed by atoms with Gasteiger partial charge in [-0.1, -0.05) is 60.7 Å². The van der Waals surface area contributed by atoms with Gasteiger partial charge in [-0.25, -0.2) is 9.29 Å². The quantitative estimate of drug-likeness (QED) is 0.454. The van der Waals surface area contributed by atoms with Gasteiger partial charge in [-0.05, 0) is 35.4 Å². The predicted molar refractivity (Wildman–Crippen MR) is 120 cm³/mol. The van der Waals surface area contributed by atoms with Gasteiger partial charge < -0.3 is 4.90 Å². The summed E-state index contributed by atoms with van der Waals surface area (Å²) in [5.41, 5.74) is 2.53. The van der Waals surface area contributed by atoms with Crippen molar-refractivity contribution in [2.24, 2.45) is 11.8 Å². The number of imide groups is 1. The van der Waals surface area contributed by atoms with Gasteiger partial charge in [-0.3, -0.25) is 14.4 Å². The van der Waals surface area contributed by atoms with Crippen LogP contribution in [0.15, 0.2) is 85.1 Å². The second-order valence-electron chi connectivity index (χ2n) is 8.56. The molecule has 3 aliphatic heterocycles. The highest BCUT2D eigenvalue weighted by molar-refractivity contribution is 6.24. The molecule has 4 atom stereocenters. The molecule has 162 valence electrons. The third-order valence-corrected chi connectivity index (χ3v) is 6.85. The van der Waals surface area contributed by atoms with Gasteiger partial charge in [0.05, 0.1) is 23.6 Å². The number of hydrogen-bond acceptors (Lipinski definition) is 4. The van der Waals surface area contributed by atoms with E-state index in [0.717, 1.165) is 16.0 Å². The summed E-state index contributed by atoms with van der Waals surface area (Å²) in [4.78, 5) is 44.0. The molecule has 5 nitrogen and oxygen atoms in total. The predicted octanol–water partition coefficient (Wildman–Crippen LogP) is 4.22. The van der Waals surface area contributed by atoms with Crippen molar-refractivity contribution < 1.29 is 18.8 Å². The fourth-order valence-corrected chi connectivity index (χ4v) is 5.50. The topological polar surface area (TPSA) is 57.7 Å². The van der Waals surface area contributed by atoms with Crippen LogP contribution in [-0.4, -0.2) is 28.5 Å². The van der Waals surface area contributed by atoms with E-state index in [2.05, 4.69) is 0 Å². The minimum absolute atomic E-state index is 0.191. The number of Topliss-reactive ketones (excluding diaryl/α,β-unsaturated/α-hetero) is 1. The van der Waals surface area contributed by atoms with Crippen molar-refractivity contribution >= 4 is 29.4 Å². The van der Waals surface area contributed by atoms with Crippen molar-refractivity contribution in [3.8, 4) is 0 Å². The van der Waals surface area contributed by atoms with Gasteiger partial charge in [-0.15, -0.1) is 0 Å². The average molecular weight is 438 g/mol. The highest BCUT2D eigenvalue weighted by Gasteiger charge is 2.64.